The molecule has 7 aromatic carbocycles. The van der Waals surface area contributed by atoms with Crippen LogP contribution in [0, 0.1) is 0 Å². The fourth-order valence-corrected chi connectivity index (χ4v) is 8.92. The van der Waals surface area contributed by atoms with Crippen LogP contribution < -0.4 is 0 Å². The van der Waals surface area contributed by atoms with Gasteiger partial charge in [-0.15, -0.1) is 0 Å². The van der Waals surface area contributed by atoms with Gasteiger partial charge in [-0.05, 0) is 65.2 Å². The van der Waals surface area contributed by atoms with Crippen LogP contribution in [0.4, 0.5) is 0 Å². The Bertz CT molecular complexity index is 2920. The van der Waals surface area contributed by atoms with Gasteiger partial charge in [0.15, 0.2) is 30.9 Å². The first-order chi connectivity index (χ1) is 37.8. The van der Waals surface area contributed by atoms with Crippen molar-refractivity contribution in [3.05, 3.63) is 251 Å². The molecule has 0 N–H and O–H groups in total. The molecular weight excluding hydrogens is 985 g/mol. The summed E-state index contributed by atoms with van der Waals surface area (Å²) in [7, 11) is 1.49. The Balaban J connectivity index is 1.10. The van der Waals surface area contributed by atoms with Crippen molar-refractivity contribution < 1.29 is 71.3 Å². The summed E-state index contributed by atoms with van der Waals surface area (Å²) in [5.74, 6) is -3.26. The number of hydrogen-bond acceptors (Lipinski definition) is 15. The molecule has 0 bridgehead atoms. The molecule has 0 amide bonds. The van der Waals surface area contributed by atoms with Crippen LogP contribution in [0.15, 0.2) is 212 Å². The number of carbonyl (C=O) groups is 4. The Hall–Kier alpha value is -7.86. The molecule has 0 unspecified atom stereocenters. The molecule has 0 aromatic heterocycles. The molecule has 396 valence electrons. The lowest BCUT2D eigenvalue weighted by Gasteiger charge is -2.47. The largest absolute Gasteiger partial charge is 0.459 e. The van der Waals surface area contributed by atoms with Crippen molar-refractivity contribution in [3.8, 4) is 0 Å². The van der Waals surface area contributed by atoms with Gasteiger partial charge >= 0.3 is 23.9 Å². The average Bonchev–Trinajstić information content (AvgIpc) is 3.50. The van der Waals surface area contributed by atoms with Gasteiger partial charge < -0.3 is 52.1 Å². The van der Waals surface area contributed by atoms with E-state index in [9.17, 15) is 19.2 Å². The Labute approximate surface area is 446 Å². The highest BCUT2D eigenvalue weighted by Crippen LogP contribution is 2.35. The summed E-state index contributed by atoms with van der Waals surface area (Å²) < 4.78 is 71.3. The highest BCUT2D eigenvalue weighted by molar-refractivity contribution is 5.91. The second kappa shape index (κ2) is 27.3. The van der Waals surface area contributed by atoms with Gasteiger partial charge in [0.05, 0.1) is 48.7 Å². The van der Waals surface area contributed by atoms with E-state index < -0.39 is 91.9 Å². The fraction of sp³-hybridized carbons (Fsp3) is 0.258. The molecule has 2 saturated heterocycles. The zero-order valence-corrected chi connectivity index (χ0v) is 42.1. The summed E-state index contributed by atoms with van der Waals surface area (Å²) in [5, 5.41) is 0. The monoisotopic (exact) mass is 1040 g/mol. The molecule has 77 heavy (non-hydrogen) atoms. The summed E-state index contributed by atoms with van der Waals surface area (Å²) in [4.78, 5) is 56.4. The van der Waals surface area contributed by atoms with Crippen LogP contribution in [0.2, 0.25) is 0 Å². The Morgan fingerprint density at radius 2 is 0.675 bits per heavy atom. The van der Waals surface area contributed by atoms with E-state index in [4.69, 9.17) is 52.1 Å². The fourth-order valence-electron chi connectivity index (χ4n) is 8.92. The SMILES string of the molecule is CO[C@H]1O[C@H](CO[C@@H]2O[C@H](COC(=O)c3ccccc3)[C@@H](OC(=O)c3ccccc3)[C@H](OC(=O)c3ccccc3)[C@H]2OC(=O)c2ccccc2)[C@H](OCc2ccccc2)[C@H](OCc2ccccc2)[C@H]1OCc1ccccc1. The third-order valence-corrected chi connectivity index (χ3v) is 12.8. The van der Waals surface area contributed by atoms with E-state index in [2.05, 4.69) is 0 Å². The molecule has 2 aliphatic heterocycles. The van der Waals surface area contributed by atoms with E-state index in [0.29, 0.717) is 0 Å². The summed E-state index contributed by atoms with van der Waals surface area (Å²) in [6, 6.07) is 61.6. The van der Waals surface area contributed by atoms with Gasteiger partial charge in [0, 0.05) is 7.11 Å². The summed E-state index contributed by atoms with van der Waals surface area (Å²) >= 11 is 0. The Morgan fingerprint density at radius 3 is 1.10 bits per heavy atom. The van der Waals surface area contributed by atoms with Crippen LogP contribution in [0.5, 0.6) is 0 Å². The topological polar surface area (TPSA) is 170 Å². The van der Waals surface area contributed by atoms with E-state index in [0.717, 1.165) is 16.7 Å². The highest BCUT2D eigenvalue weighted by Gasteiger charge is 2.55. The summed E-state index contributed by atoms with van der Waals surface area (Å²) in [5.41, 5.74) is 3.31. The molecule has 15 nitrogen and oxygen atoms in total. The summed E-state index contributed by atoms with van der Waals surface area (Å²) in [6.45, 7) is -0.437. The minimum Gasteiger partial charge on any atom is -0.459 e. The molecule has 2 heterocycles. The average molecular weight is 1040 g/mol. The number of carbonyl (C=O) groups excluding carboxylic acids is 4. The van der Waals surface area contributed by atoms with E-state index in [1.165, 1.54) is 7.11 Å². The van der Waals surface area contributed by atoms with E-state index >= 15 is 0 Å². The van der Waals surface area contributed by atoms with E-state index in [-0.39, 0.29) is 48.7 Å². The maximum atomic E-state index is 14.3. The predicted molar refractivity (Wildman–Crippen MR) is 279 cm³/mol. The minimum absolute atomic E-state index is 0.123. The quantitative estimate of drug-likeness (QED) is 0.0464. The zero-order chi connectivity index (χ0) is 53.2. The standard InChI is InChI=1S/C62H58O15/c1-67-61-55(70-39-44-27-13-4-14-28-44)53(69-38-43-25-11-3-12-26-43)51(68-37-42-23-9-2-10-24-42)49(73-61)41-72-62-56(77-60(66)48-35-21-8-22-36-48)54(76-59(65)47-33-19-7-20-34-47)52(75-58(64)46-31-17-6-18-32-46)50(74-62)40-71-57(63)45-29-15-5-16-30-45/h2-36,49-56,61-62H,37-41H2,1H3/t49-,50-,51+,52-,53+,54+,55-,56-,61+,62-/m1/s1. The second-order valence-corrected chi connectivity index (χ2v) is 18.1. The van der Waals surface area contributed by atoms with Crippen molar-refractivity contribution in [2.24, 2.45) is 0 Å². The first-order valence-corrected chi connectivity index (χ1v) is 25.2. The molecule has 10 atom stereocenters. The predicted octanol–water partition coefficient (Wildman–Crippen LogP) is 9.39. The molecule has 9 rings (SSSR count). The number of hydrogen-bond donors (Lipinski definition) is 0. The van der Waals surface area contributed by atoms with Crippen molar-refractivity contribution in [2.75, 3.05) is 20.3 Å². The molecule has 0 saturated carbocycles. The number of esters is 4. The zero-order valence-electron chi connectivity index (χ0n) is 42.1. The lowest BCUT2D eigenvalue weighted by molar-refractivity contribution is -0.340. The van der Waals surface area contributed by atoms with E-state index in [1.807, 2.05) is 91.0 Å². The lowest BCUT2D eigenvalue weighted by Crippen LogP contribution is -2.64. The number of methoxy groups -OCH3 is 1. The number of rotatable bonds is 22. The van der Waals surface area contributed by atoms with Crippen molar-refractivity contribution in [3.63, 3.8) is 0 Å². The van der Waals surface area contributed by atoms with Gasteiger partial charge in [0.2, 0.25) is 0 Å². The Morgan fingerprint density at radius 1 is 0.338 bits per heavy atom. The number of ether oxygens (including phenoxy) is 11. The van der Waals surface area contributed by atoms with Gasteiger partial charge in [0.25, 0.3) is 0 Å². The molecule has 0 spiro atoms. The molecule has 0 aliphatic carbocycles. The third kappa shape index (κ3) is 14.5. The molecule has 2 aliphatic rings. The van der Waals surface area contributed by atoms with Crippen LogP contribution >= 0.6 is 0 Å². The van der Waals surface area contributed by atoms with Gasteiger partial charge in [-0.1, -0.05) is 164 Å². The van der Waals surface area contributed by atoms with Gasteiger partial charge in [-0.2, -0.15) is 0 Å². The van der Waals surface area contributed by atoms with Crippen LogP contribution in [0.1, 0.15) is 58.1 Å². The smallest absolute Gasteiger partial charge is 0.338 e. The highest BCUT2D eigenvalue weighted by atomic mass is 16.8. The first-order valence-electron chi connectivity index (χ1n) is 25.2. The third-order valence-electron chi connectivity index (χ3n) is 12.8. The van der Waals surface area contributed by atoms with Crippen LogP contribution in [-0.4, -0.2) is 106 Å². The minimum atomic E-state index is -1.66. The second-order valence-electron chi connectivity index (χ2n) is 18.1. The number of benzene rings is 7. The molecule has 7 aromatic rings. The molecule has 0 radical (unpaired) electrons. The Kier molecular flexibility index (Phi) is 19.1. The van der Waals surface area contributed by atoms with Crippen molar-refractivity contribution >= 4 is 23.9 Å². The van der Waals surface area contributed by atoms with Crippen LogP contribution in [0.3, 0.4) is 0 Å². The van der Waals surface area contributed by atoms with E-state index in [1.54, 1.807) is 121 Å². The van der Waals surface area contributed by atoms with Gasteiger partial charge in [0.1, 0.15) is 37.1 Å². The molecular formula is C62H58O15. The summed E-state index contributed by atoms with van der Waals surface area (Å²) in [6.07, 6.45) is -12.7. The maximum Gasteiger partial charge on any atom is 0.338 e. The molecule has 2 fully saturated rings. The maximum absolute atomic E-state index is 14.3. The first kappa shape index (κ1) is 53.9. The van der Waals surface area contributed by atoms with Gasteiger partial charge in [-0.25, -0.2) is 19.2 Å². The lowest BCUT2D eigenvalue weighted by atomic mass is 9.96. The van der Waals surface area contributed by atoms with Crippen LogP contribution in [-0.2, 0) is 71.9 Å². The van der Waals surface area contributed by atoms with Crippen molar-refractivity contribution in [2.45, 2.75) is 81.2 Å². The van der Waals surface area contributed by atoms with Crippen molar-refractivity contribution in [1.82, 2.24) is 0 Å². The van der Waals surface area contributed by atoms with Crippen LogP contribution in [0.25, 0.3) is 0 Å². The molecule has 15 heteroatoms. The van der Waals surface area contributed by atoms with Crippen molar-refractivity contribution in [1.29, 1.82) is 0 Å². The van der Waals surface area contributed by atoms with Gasteiger partial charge in [-0.3, -0.25) is 0 Å². The normalized spacial score (nSPS) is 23.0.